The summed E-state index contributed by atoms with van der Waals surface area (Å²) in [5.74, 6) is 0. The van der Waals surface area contributed by atoms with Gasteiger partial charge in [0.25, 0.3) is 0 Å². The Morgan fingerprint density at radius 3 is 2.64 bits per heavy atom. The molecule has 70 valence electrons. The molecule has 0 saturated heterocycles. The molecule has 0 atom stereocenters. The van der Waals surface area contributed by atoms with Gasteiger partial charge in [-0.1, -0.05) is 30.3 Å². The Morgan fingerprint density at radius 1 is 1.14 bits per heavy atom. The van der Waals surface area contributed by atoms with Crippen molar-refractivity contribution in [3.8, 4) is 0 Å². The van der Waals surface area contributed by atoms with Gasteiger partial charge < -0.3 is 4.98 Å². The molecule has 14 heavy (non-hydrogen) atoms. The van der Waals surface area contributed by atoms with Crippen LogP contribution in [0.5, 0.6) is 0 Å². The van der Waals surface area contributed by atoms with Crippen LogP contribution in [0.25, 0.3) is 0 Å². The first-order valence-corrected chi connectivity index (χ1v) is 4.55. The lowest BCUT2D eigenvalue weighted by molar-refractivity contribution is 0.111. The highest BCUT2D eigenvalue weighted by molar-refractivity contribution is 5.74. The molecular weight excluding hydrogens is 174 g/mol. The first-order chi connectivity index (χ1) is 6.90. The molecule has 1 heterocycles. The molecule has 0 amide bonds. The van der Waals surface area contributed by atoms with E-state index in [4.69, 9.17) is 0 Å². The van der Waals surface area contributed by atoms with Crippen LogP contribution >= 0.6 is 0 Å². The molecule has 0 spiro atoms. The predicted octanol–water partition coefficient (Wildman–Crippen LogP) is 2.42. The molecule has 0 aliphatic carbocycles. The molecule has 0 unspecified atom stereocenters. The van der Waals surface area contributed by atoms with E-state index in [0.29, 0.717) is 5.69 Å². The van der Waals surface area contributed by atoms with Crippen LogP contribution in [0.15, 0.2) is 42.6 Å². The number of carbonyl (C=O) groups is 1. The highest BCUT2D eigenvalue weighted by Gasteiger charge is 2.02. The van der Waals surface area contributed by atoms with Gasteiger partial charge in [0.05, 0.1) is 5.69 Å². The van der Waals surface area contributed by atoms with Crippen LogP contribution in [-0.2, 0) is 6.42 Å². The smallest absolute Gasteiger partial charge is 0.166 e. The second-order valence-corrected chi connectivity index (χ2v) is 3.20. The standard InChI is InChI=1S/C12H11NO/c14-9-12-11(6-7-13-12)8-10-4-2-1-3-5-10/h1-7,9,13H,8H2. The molecule has 0 saturated carbocycles. The third-order valence-corrected chi connectivity index (χ3v) is 2.22. The van der Waals surface area contributed by atoms with E-state index in [-0.39, 0.29) is 0 Å². The highest BCUT2D eigenvalue weighted by atomic mass is 16.1. The molecule has 1 N–H and O–H groups in total. The molecule has 1 aromatic heterocycles. The van der Waals surface area contributed by atoms with E-state index in [1.807, 2.05) is 24.3 Å². The number of nitrogens with one attached hydrogen (secondary N) is 1. The summed E-state index contributed by atoms with van der Waals surface area (Å²) >= 11 is 0. The largest absolute Gasteiger partial charge is 0.359 e. The Bertz CT molecular complexity index is 417. The molecule has 0 aliphatic heterocycles. The minimum Gasteiger partial charge on any atom is -0.359 e. The molecule has 1 aromatic carbocycles. The topological polar surface area (TPSA) is 32.9 Å². The van der Waals surface area contributed by atoms with Crippen LogP contribution in [0.2, 0.25) is 0 Å². The van der Waals surface area contributed by atoms with Gasteiger partial charge in [0, 0.05) is 6.20 Å². The van der Waals surface area contributed by atoms with Crippen LogP contribution in [0.1, 0.15) is 21.6 Å². The zero-order valence-electron chi connectivity index (χ0n) is 7.73. The molecule has 2 nitrogen and oxygen atoms in total. The zero-order valence-corrected chi connectivity index (χ0v) is 7.73. The Hall–Kier alpha value is -1.83. The van der Waals surface area contributed by atoms with Crippen molar-refractivity contribution in [3.05, 3.63) is 59.4 Å². The SMILES string of the molecule is O=Cc1[nH]ccc1Cc1ccccc1. The number of aldehydes is 1. The van der Waals surface area contributed by atoms with Crippen molar-refractivity contribution in [2.24, 2.45) is 0 Å². The van der Waals surface area contributed by atoms with Gasteiger partial charge >= 0.3 is 0 Å². The lowest BCUT2D eigenvalue weighted by Crippen LogP contribution is -1.91. The van der Waals surface area contributed by atoms with Gasteiger partial charge in [0.15, 0.2) is 6.29 Å². The van der Waals surface area contributed by atoms with Crippen molar-refractivity contribution >= 4 is 6.29 Å². The molecular formula is C12H11NO. The average Bonchev–Trinajstić information content (AvgIpc) is 2.67. The first-order valence-electron chi connectivity index (χ1n) is 4.55. The first kappa shape index (κ1) is 8.75. The van der Waals surface area contributed by atoms with Gasteiger partial charge in [-0.3, -0.25) is 4.79 Å². The van der Waals surface area contributed by atoms with Crippen molar-refractivity contribution in [2.45, 2.75) is 6.42 Å². The van der Waals surface area contributed by atoms with Gasteiger partial charge in [-0.2, -0.15) is 0 Å². The number of hydrogen-bond acceptors (Lipinski definition) is 1. The lowest BCUT2D eigenvalue weighted by atomic mass is 10.1. The Labute approximate surface area is 82.6 Å². The van der Waals surface area contributed by atoms with Gasteiger partial charge in [-0.15, -0.1) is 0 Å². The van der Waals surface area contributed by atoms with Crippen LogP contribution in [0.4, 0.5) is 0 Å². The number of H-pyrrole nitrogens is 1. The number of benzene rings is 1. The van der Waals surface area contributed by atoms with Gasteiger partial charge in [-0.25, -0.2) is 0 Å². The normalized spacial score (nSPS) is 10.0. The molecule has 0 fully saturated rings. The van der Waals surface area contributed by atoms with E-state index in [9.17, 15) is 4.79 Å². The molecule has 2 aromatic rings. The van der Waals surface area contributed by atoms with E-state index in [1.54, 1.807) is 6.20 Å². The van der Waals surface area contributed by atoms with Gasteiger partial charge in [-0.05, 0) is 23.6 Å². The van der Waals surface area contributed by atoms with Crippen molar-refractivity contribution in [3.63, 3.8) is 0 Å². The third-order valence-electron chi connectivity index (χ3n) is 2.22. The minimum absolute atomic E-state index is 0.675. The number of rotatable bonds is 3. The van der Waals surface area contributed by atoms with Crippen molar-refractivity contribution in [1.82, 2.24) is 4.98 Å². The third kappa shape index (κ3) is 1.74. The quantitative estimate of drug-likeness (QED) is 0.732. The number of carbonyl (C=O) groups excluding carboxylic acids is 1. The van der Waals surface area contributed by atoms with E-state index < -0.39 is 0 Å². The summed E-state index contributed by atoms with van der Waals surface area (Å²) in [5, 5.41) is 0. The molecule has 0 bridgehead atoms. The maximum Gasteiger partial charge on any atom is 0.166 e. The fourth-order valence-electron chi connectivity index (χ4n) is 1.49. The summed E-state index contributed by atoms with van der Waals surface area (Å²) in [7, 11) is 0. The second kappa shape index (κ2) is 3.92. The molecule has 0 radical (unpaired) electrons. The van der Waals surface area contributed by atoms with Crippen LogP contribution < -0.4 is 0 Å². The van der Waals surface area contributed by atoms with Crippen molar-refractivity contribution in [2.75, 3.05) is 0 Å². The van der Waals surface area contributed by atoms with Crippen molar-refractivity contribution in [1.29, 1.82) is 0 Å². The van der Waals surface area contributed by atoms with E-state index >= 15 is 0 Å². The van der Waals surface area contributed by atoms with E-state index in [1.165, 1.54) is 5.56 Å². The Morgan fingerprint density at radius 2 is 1.93 bits per heavy atom. The zero-order chi connectivity index (χ0) is 9.80. The fourth-order valence-corrected chi connectivity index (χ4v) is 1.49. The fraction of sp³-hybridized carbons (Fsp3) is 0.0833. The summed E-state index contributed by atoms with van der Waals surface area (Å²) in [6.07, 6.45) is 3.46. The Balaban J connectivity index is 2.23. The Kier molecular flexibility index (Phi) is 2.45. The molecule has 0 aliphatic rings. The van der Waals surface area contributed by atoms with Crippen LogP contribution in [-0.4, -0.2) is 11.3 Å². The predicted molar refractivity (Wildman–Crippen MR) is 55.4 cm³/mol. The number of aromatic amines is 1. The number of hydrogen-bond donors (Lipinski definition) is 1. The molecule has 2 heteroatoms. The number of aromatic nitrogens is 1. The summed E-state index contributed by atoms with van der Waals surface area (Å²) in [6, 6.07) is 12.0. The van der Waals surface area contributed by atoms with Gasteiger partial charge in [0.2, 0.25) is 0 Å². The maximum atomic E-state index is 10.6. The second-order valence-electron chi connectivity index (χ2n) is 3.20. The molecule has 2 rings (SSSR count). The summed E-state index contributed by atoms with van der Waals surface area (Å²) < 4.78 is 0. The average molecular weight is 185 g/mol. The maximum absolute atomic E-state index is 10.6. The van der Waals surface area contributed by atoms with Crippen LogP contribution in [0, 0.1) is 0 Å². The minimum atomic E-state index is 0.675. The lowest BCUT2D eigenvalue weighted by Gasteiger charge is -1.99. The van der Waals surface area contributed by atoms with E-state index in [0.717, 1.165) is 18.3 Å². The van der Waals surface area contributed by atoms with Gasteiger partial charge in [0.1, 0.15) is 0 Å². The summed E-state index contributed by atoms with van der Waals surface area (Å²) in [6.45, 7) is 0. The monoisotopic (exact) mass is 185 g/mol. The summed E-state index contributed by atoms with van der Waals surface area (Å²) in [4.78, 5) is 13.6. The highest BCUT2D eigenvalue weighted by Crippen LogP contribution is 2.11. The van der Waals surface area contributed by atoms with Crippen molar-refractivity contribution < 1.29 is 4.79 Å². The van der Waals surface area contributed by atoms with E-state index in [2.05, 4.69) is 17.1 Å². The van der Waals surface area contributed by atoms with Crippen LogP contribution in [0.3, 0.4) is 0 Å². The summed E-state index contributed by atoms with van der Waals surface area (Å²) in [5.41, 5.74) is 2.94.